The third-order valence-electron chi connectivity index (χ3n) is 4.14. The Bertz CT molecular complexity index is 973. The van der Waals surface area contributed by atoms with Crippen LogP contribution in [0.4, 0.5) is 0 Å². The van der Waals surface area contributed by atoms with Crippen molar-refractivity contribution in [3.63, 3.8) is 0 Å². The van der Waals surface area contributed by atoms with Crippen LogP contribution in [0.25, 0.3) is 6.08 Å². The molecule has 6 nitrogen and oxygen atoms in total. The van der Waals surface area contributed by atoms with Crippen LogP contribution >= 0.6 is 0 Å². The number of carbonyl (C=O) groups excluding carboxylic acids is 1. The second-order valence-corrected chi connectivity index (χ2v) is 8.06. The zero-order valence-electron chi connectivity index (χ0n) is 15.9. The Kier molecular flexibility index (Phi) is 7.50. The van der Waals surface area contributed by atoms with E-state index in [1.165, 1.54) is 25.3 Å². The Morgan fingerprint density at radius 1 is 1.14 bits per heavy atom. The fourth-order valence-corrected chi connectivity index (χ4v) is 3.32. The molecular weight excluding hydrogens is 374 g/mol. The van der Waals surface area contributed by atoms with Crippen molar-refractivity contribution < 1.29 is 13.2 Å². The molecule has 1 N–H and O–H groups in total. The first kappa shape index (κ1) is 21.4. The molecule has 0 saturated carbocycles. The molecule has 0 spiro atoms. The highest BCUT2D eigenvalue weighted by molar-refractivity contribution is 7.89. The van der Waals surface area contributed by atoms with E-state index in [9.17, 15) is 13.2 Å². The Morgan fingerprint density at radius 2 is 1.79 bits per heavy atom. The summed E-state index contributed by atoms with van der Waals surface area (Å²) in [6.07, 6.45) is 3.98. The van der Waals surface area contributed by atoms with E-state index in [0.29, 0.717) is 18.7 Å². The normalized spacial score (nSPS) is 11.3. The number of benzene rings is 2. The minimum absolute atomic E-state index is 0.127. The lowest BCUT2D eigenvalue weighted by atomic mass is 10.1. The van der Waals surface area contributed by atoms with Crippen LogP contribution in [-0.2, 0) is 21.4 Å². The maximum absolute atomic E-state index is 12.6. The molecule has 2 rings (SSSR count). The minimum atomic E-state index is -3.48. The number of hydrogen-bond acceptors (Lipinski definition) is 4. The number of nitrogens with one attached hydrogen (secondary N) is 1. The molecule has 146 valence electrons. The lowest BCUT2D eigenvalue weighted by Crippen LogP contribution is -2.29. The van der Waals surface area contributed by atoms with Gasteiger partial charge in [0.15, 0.2) is 0 Å². The van der Waals surface area contributed by atoms with Gasteiger partial charge in [-0.2, -0.15) is 5.26 Å². The van der Waals surface area contributed by atoms with Crippen LogP contribution in [-0.4, -0.2) is 32.8 Å². The topological polar surface area (TPSA) is 90.3 Å². The zero-order chi connectivity index (χ0) is 20.6. The first-order valence-electron chi connectivity index (χ1n) is 8.89. The van der Waals surface area contributed by atoms with Gasteiger partial charge in [-0.3, -0.25) is 4.79 Å². The van der Waals surface area contributed by atoms with E-state index in [4.69, 9.17) is 5.26 Å². The van der Waals surface area contributed by atoms with Gasteiger partial charge in [-0.05, 0) is 54.9 Å². The summed E-state index contributed by atoms with van der Waals surface area (Å²) in [7, 11) is -2.12. The van der Waals surface area contributed by atoms with Gasteiger partial charge in [0, 0.05) is 19.2 Å². The van der Waals surface area contributed by atoms with Crippen molar-refractivity contribution in [2.45, 2.75) is 24.8 Å². The average molecular weight is 398 g/mol. The number of carbonyl (C=O) groups is 1. The average Bonchev–Trinajstić information content (AvgIpc) is 2.72. The lowest BCUT2D eigenvalue weighted by molar-refractivity contribution is -0.126. The van der Waals surface area contributed by atoms with Gasteiger partial charge < -0.3 is 4.90 Å². The summed E-state index contributed by atoms with van der Waals surface area (Å²) in [6, 6.07) is 15.5. The third-order valence-corrected chi connectivity index (χ3v) is 5.57. The third kappa shape index (κ3) is 5.78. The Morgan fingerprint density at radius 3 is 2.32 bits per heavy atom. The molecule has 0 atom stereocenters. The van der Waals surface area contributed by atoms with Crippen molar-refractivity contribution in [3.05, 3.63) is 71.3 Å². The minimum Gasteiger partial charge on any atom is -0.335 e. The molecule has 0 unspecified atom stereocenters. The van der Waals surface area contributed by atoms with Crippen LogP contribution < -0.4 is 4.72 Å². The number of hydrogen-bond donors (Lipinski definition) is 1. The van der Waals surface area contributed by atoms with Crippen molar-refractivity contribution in [3.8, 4) is 6.07 Å². The van der Waals surface area contributed by atoms with E-state index in [2.05, 4.69) is 10.8 Å². The van der Waals surface area contributed by atoms with E-state index in [1.807, 2.05) is 19.1 Å². The lowest BCUT2D eigenvalue weighted by Gasteiger charge is -2.20. The second-order valence-electron chi connectivity index (χ2n) is 6.18. The van der Waals surface area contributed by atoms with Gasteiger partial charge >= 0.3 is 0 Å². The van der Waals surface area contributed by atoms with Crippen molar-refractivity contribution >= 4 is 22.0 Å². The number of rotatable bonds is 8. The van der Waals surface area contributed by atoms with Gasteiger partial charge in [0.05, 0.1) is 16.5 Å². The first-order valence-corrected chi connectivity index (χ1v) is 10.4. The fraction of sp³-hybridized carbons (Fsp3) is 0.238. The molecule has 0 aliphatic carbocycles. The van der Waals surface area contributed by atoms with Gasteiger partial charge in [-0.1, -0.05) is 31.2 Å². The molecule has 2 aromatic rings. The molecule has 0 bridgehead atoms. The first-order chi connectivity index (χ1) is 13.4. The predicted molar refractivity (Wildman–Crippen MR) is 109 cm³/mol. The standard InChI is InChI=1S/C21H23N3O3S/c1-3-14-24(16-19-6-4-18(15-22)5-7-19)21(25)13-10-17-8-11-20(12-9-17)28(26,27)23-2/h4-13,23H,3,14,16H2,1-2H3/b13-10+. The molecule has 0 aliphatic heterocycles. The fourth-order valence-electron chi connectivity index (χ4n) is 2.59. The SMILES string of the molecule is CCCN(Cc1ccc(C#N)cc1)C(=O)/C=C/c1ccc(S(=O)(=O)NC)cc1. The van der Waals surface area contributed by atoms with Gasteiger partial charge in [-0.25, -0.2) is 13.1 Å². The maximum Gasteiger partial charge on any atom is 0.246 e. The summed E-state index contributed by atoms with van der Waals surface area (Å²) in [5.41, 5.74) is 2.27. The summed E-state index contributed by atoms with van der Waals surface area (Å²) < 4.78 is 25.8. The van der Waals surface area contributed by atoms with E-state index in [0.717, 1.165) is 17.5 Å². The molecule has 0 aliphatic rings. The maximum atomic E-state index is 12.6. The predicted octanol–water partition coefficient (Wildman–Crippen LogP) is 2.92. The van der Waals surface area contributed by atoms with Crippen molar-refractivity contribution in [2.24, 2.45) is 0 Å². The van der Waals surface area contributed by atoms with E-state index < -0.39 is 10.0 Å². The van der Waals surface area contributed by atoms with Gasteiger partial charge in [0.1, 0.15) is 0 Å². The van der Waals surface area contributed by atoms with Crippen LogP contribution in [0, 0.1) is 11.3 Å². The molecular formula is C21H23N3O3S. The highest BCUT2D eigenvalue weighted by Gasteiger charge is 2.12. The number of sulfonamides is 1. The summed E-state index contributed by atoms with van der Waals surface area (Å²) in [4.78, 5) is 14.5. The number of nitrogens with zero attached hydrogens (tertiary/aromatic N) is 2. The van der Waals surface area contributed by atoms with Crippen molar-refractivity contribution in [1.29, 1.82) is 5.26 Å². The second kappa shape index (κ2) is 9.83. The Hall–Kier alpha value is -2.95. The molecule has 28 heavy (non-hydrogen) atoms. The van der Waals surface area contributed by atoms with Crippen LogP contribution in [0.5, 0.6) is 0 Å². The van der Waals surface area contributed by atoms with Crippen molar-refractivity contribution in [1.82, 2.24) is 9.62 Å². The number of amides is 1. The highest BCUT2D eigenvalue weighted by Crippen LogP contribution is 2.12. The zero-order valence-corrected chi connectivity index (χ0v) is 16.7. The summed E-state index contributed by atoms with van der Waals surface area (Å²) in [5.74, 6) is -0.127. The Labute approximate surface area is 166 Å². The summed E-state index contributed by atoms with van der Waals surface area (Å²) in [6.45, 7) is 3.08. The van der Waals surface area contributed by atoms with Crippen LogP contribution in [0.15, 0.2) is 59.5 Å². The van der Waals surface area contributed by atoms with Gasteiger partial charge in [0.2, 0.25) is 15.9 Å². The monoisotopic (exact) mass is 397 g/mol. The van der Waals surface area contributed by atoms with E-state index in [-0.39, 0.29) is 10.8 Å². The summed E-state index contributed by atoms with van der Waals surface area (Å²) in [5, 5.41) is 8.88. The Balaban J connectivity index is 2.09. The van der Waals surface area contributed by atoms with Gasteiger partial charge in [-0.15, -0.1) is 0 Å². The van der Waals surface area contributed by atoms with E-state index in [1.54, 1.807) is 35.2 Å². The smallest absolute Gasteiger partial charge is 0.246 e. The van der Waals surface area contributed by atoms with Crippen molar-refractivity contribution in [2.75, 3.05) is 13.6 Å². The number of nitriles is 1. The molecule has 0 radical (unpaired) electrons. The highest BCUT2D eigenvalue weighted by atomic mass is 32.2. The van der Waals surface area contributed by atoms with Gasteiger partial charge in [0.25, 0.3) is 0 Å². The molecule has 7 heteroatoms. The summed E-state index contributed by atoms with van der Waals surface area (Å²) >= 11 is 0. The van der Waals surface area contributed by atoms with E-state index >= 15 is 0 Å². The largest absolute Gasteiger partial charge is 0.335 e. The molecule has 1 amide bonds. The molecule has 0 saturated heterocycles. The molecule has 0 heterocycles. The van der Waals surface area contributed by atoms with Crippen LogP contribution in [0.3, 0.4) is 0 Å². The molecule has 0 aromatic heterocycles. The van der Waals surface area contributed by atoms with Crippen LogP contribution in [0.2, 0.25) is 0 Å². The van der Waals surface area contributed by atoms with Crippen LogP contribution in [0.1, 0.15) is 30.0 Å². The molecule has 0 fully saturated rings. The molecule has 2 aromatic carbocycles. The quantitative estimate of drug-likeness (QED) is 0.694.